The van der Waals surface area contributed by atoms with Gasteiger partial charge < -0.3 is 15.1 Å². The topological polar surface area (TPSA) is 84.9 Å². The summed E-state index contributed by atoms with van der Waals surface area (Å²) in [7, 11) is 0. The van der Waals surface area contributed by atoms with Crippen molar-refractivity contribution in [2.24, 2.45) is 0 Å². The summed E-state index contributed by atoms with van der Waals surface area (Å²) in [4.78, 5) is 19.6. The molecule has 5 heteroatoms. The summed E-state index contributed by atoms with van der Waals surface area (Å²) < 4.78 is 5.25. The minimum atomic E-state index is -0.397. The van der Waals surface area contributed by atoms with E-state index in [0.717, 1.165) is 27.5 Å². The number of imidazole rings is 1. The van der Waals surface area contributed by atoms with E-state index in [-0.39, 0.29) is 0 Å². The number of H-pyrrole nitrogens is 1. The lowest BCUT2D eigenvalue weighted by Gasteiger charge is -2.03. The van der Waals surface area contributed by atoms with E-state index in [1.807, 2.05) is 31.2 Å². The fourth-order valence-corrected chi connectivity index (χ4v) is 2.63. The Balaban J connectivity index is 2.06. The van der Waals surface area contributed by atoms with Gasteiger partial charge >= 0.3 is 5.63 Å². The number of nitrogens with one attached hydrogen (secondary N) is 1. The highest BCUT2D eigenvalue weighted by Crippen LogP contribution is 2.28. The molecule has 0 amide bonds. The zero-order chi connectivity index (χ0) is 15.3. The van der Waals surface area contributed by atoms with Crippen LogP contribution in [0.5, 0.6) is 0 Å². The molecular weight excluding hydrogens is 278 g/mol. The van der Waals surface area contributed by atoms with Gasteiger partial charge in [-0.15, -0.1) is 0 Å². The molecule has 5 nitrogen and oxygen atoms in total. The van der Waals surface area contributed by atoms with Crippen LogP contribution in [0.2, 0.25) is 0 Å². The van der Waals surface area contributed by atoms with Crippen LogP contribution in [0.1, 0.15) is 5.56 Å². The van der Waals surface area contributed by atoms with E-state index in [0.29, 0.717) is 17.1 Å². The Hall–Kier alpha value is -3.08. The first-order chi connectivity index (χ1) is 10.6. The van der Waals surface area contributed by atoms with Crippen LogP contribution in [0.3, 0.4) is 0 Å². The molecule has 0 aliphatic rings. The van der Waals surface area contributed by atoms with Gasteiger partial charge in [0.1, 0.15) is 11.4 Å². The largest absolute Gasteiger partial charge is 0.423 e. The first-order valence-electron chi connectivity index (χ1n) is 6.90. The molecule has 0 unspecified atom stereocenters. The van der Waals surface area contributed by atoms with Crippen molar-refractivity contribution in [3.05, 3.63) is 58.4 Å². The Bertz CT molecular complexity index is 1080. The first-order valence-corrected chi connectivity index (χ1v) is 6.90. The zero-order valence-corrected chi connectivity index (χ0v) is 11.9. The van der Waals surface area contributed by atoms with Crippen molar-refractivity contribution >= 4 is 27.7 Å². The van der Waals surface area contributed by atoms with Gasteiger partial charge in [-0.25, -0.2) is 9.78 Å². The van der Waals surface area contributed by atoms with E-state index in [1.54, 1.807) is 12.1 Å². The molecule has 0 bridgehead atoms. The third kappa shape index (κ3) is 1.95. The minimum Gasteiger partial charge on any atom is -0.423 e. The molecular formula is C17H13N3O2. The van der Waals surface area contributed by atoms with E-state index >= 15 is 0 Å². The van der Waals surface area contributed by atoms with Crippen molar-refractivity contribution in [1.29, 1.82) is 0 Å². The van der Waals surface area contributed by atoms with Crippen molar-refractivity contribution in [2.45, 2.75) is 6.92 Å². The third-order valence-corrected chi connectivity index (χ3v) is 3.66. The first kappa shape index (κ1) is 12.6. The number of nitrogens with two attached hydrogens (primary N) is 1. The number of anilines is 1. The molecule has 2 heterocycles. The Morgan fingerprint density at radius 3 is 2.86 bits per heavy atom. The lowest BCUT2D eigenvalue weighted by Crippen LogP contribution is -1.99. The molecule has 0 saturated carbocycles. The molecule has 108 valence electrons. The van der Waals surface area contributed by atoms with Crippen LogP contribution in [-0.2, 0) is 0 Å². The van der Waals surface area contributed by atoms with Crippen LogP contribution in [0.15, 0.2) is 51.7 Å². The highest BCUT2D eigenvalue weighted by atomic mass is 16.4. The van der Waals surface area contributed by atoms with Crippen LogP contribution in [-0.4, -0.2) is 9.97 Å². The van der Waals surface area contributed by atoms with Crippen LogP contribution >= 0.6 is 0 Å². The van der Waals surface area contributed by atoms with Crippen molar-refractivity contribution in [3.63, 3.8) is 0 Å². The smallest absolute Gasteiger partial charge is 0.336 e. The second kappa shape index (κ2) is 4.46. The van der Waals surface area contributed by atoms with Gasteiger partial charge in [0.25, 0.3) is 0 Å². The van der Waals surface area contributed by atoms with Gasteiger partial charge in [-0.3, -0.25) is 0 Å². The number of aromatic nitrogens is 2. The standard InChI is InChI=1S/C17H13N3O2/c1-9-2-5-15-11(6-9)12(8-16(21)22-15)17-19-13-4-3-10(18)7-14(13)20-17/h2-8H,18H2,1H3,(H,19,20). The summed E-state index contributed by atoms with van der Waals surface area (Å²) in [6.07, 6.45) is 0. The normalized spacial score (nSPS) is 11.3. The molecule has 4 aromatic rings. The van der Waals surface area contributed by atoms with Gasteiger partial charge in [-0.1, -0.05) is 11.6 Å². The maximum Gasteiger partial charge on any atom is 0.336 e. The van der Waals surface area contributed by atoms with Gasteiger partial charge in [0.2, 0.25) is 0 Å². The predicted octanol–water partition coefficient (Wildman–Crippen LogP) is 3.23. The minimum absolute atomic E-state index is 0.397. The van der Waals surface area contributed by atoms with Crippen LogP contribution < -0.4 is 11.4 Å². The van der Waals surface area contributed by atoms with E-state index in [9.17, 15) is 4.79 Å². The lowest BCUT2D eigenvalue weighted by atomic mass is 10.1. The number of aromatic amines is 1. The molecule has 0 aliphatic carbocycles. The summed E-state index contributed by atoms with van der Waals surface area (Å²) >= 11 is 0. The molecule has 2 aromatic heterocycles. The van der Waals surface area contributed by atoms with E-state index in [1.165, 1.54) is 6.07 Å². The molecule has 0 atom stereocenters. The second-order valence-electron chi connectivity index (χ2n) is 5.34. The maximum atomic E-state index is 11.8. The molecule has 0 saturated heterocycles. The van der Waals surface area contributed by atoms with E-state index in [2.05, 4.69) is 9.97 Å². The molecule has 4 rings (SSSR count). The highest BCUT2D eigenvalue weighted by molar-refractivity contribution is 5.94. The number of aryl methyl sites for hydroxylation is 1. The molecule has 0 spiro atoms. The lowest BCUT2D eigenvalue weighted by molar-refractivity contribution is 0.561. The number of rotatable bonds is 1. The Kier molecular flexibility index (Phi) is 2.56. The number of hydrogen-bond acceptors (Lipinski definition) is 4. The Morgan fingerprint density at radius 2 is 2.00 bits per heavy atom. The van der Waals surface area contributed by atoms with Gasteiger partial charge in [-0.05, 0) is 37.3 Å². The Morgan fingerprint density at radius 1 is 1.14 bits per heavy atom. The molecule has 3 N–H and O–H groups in total. The number of fused-ring (bicyclic) bond motifs is 2. The number of benzene rings is 2. The predicted molar refractivity (Wildman–Crippen MR) is 86.7 cm³/mol. The third-order valence-electron chi connectivity index (χ3n) is 3.66. The Labute approximate surface area is 125 Å². The monoisotopic (exact) mass is 291 g/mol. The fraction of sp³-hybridized carbons (Fsp3) is 0.0588. The zero-order valence-electron chi connectivity index (χ0n) is 11.9. The van der Waals surface area contributed by atoms with Gasteiger partial charge in [-0.2, -0.15) is 0 Å². The van der Waals surface area contributed by atoms with Crippen molar-refractivity contribution in [3.8, 4) is 11.4 Å². The van der Waals surface area contributed by atoms with Gasteiger partial charge in [0.05, 0.1) is 11.0 Å². The maximum absolute atomic E-state index is 11.8. The van der Waals surface area contributed by atoms with Crippen molar-refractivity contribution in [1.82, 2.24) is 9.97 Å². The average molecular weight is 291 g/mol. The van der Waals surface area contributed by atoms with Crippen LogP contribution in [0, 0.1) is 6.92 Å². The fourth-order valence-electron chi connectivity index (χ4n) is 2.63. The molecule has 0 fully saturated rings. The van der Waals surface area contributed by atoms with Crippen molar-refractivity contribution < 1.29 is 4.42 Å². The SMILES string of the molecule is Cc1ccc2oc(=O)cc(-c3nc4ccc(N)cc4[nH]3)c2c1. The summed E-state index contributed by atoms with van der Waals surface area (Å²) in [6.45, 7) is 1.99. The van der Waals surface area contributed by atoms with E-state index in [4.69, 9.17) is 10.2 Å². The highest BCUT2D eigenvalue weighted by Gasteiger charge is 2.12. The van der Waals surface area contributed by atoms with Crippen LogP contribution in [0.25, 0.3) is 33.4 Å². The quantitative estimate of drug-likeness (QED) is 0.416. The number of hydrogen-bond donors (Lipinski definition) is 2. The summed E-state index contributed by atoms with van der Waals surface area (Å²) in [6, 6.07) is 12.6. The summed E-state index contributed by atoms with van der Waals surface area (Å²) in [5.41, 5.74) is 10.1. The molecule has 0 aliphatic heterocycles. The summed E-state index contributed by atoms with van der Waals surface area (Å²) in [5.74, 6) is 0.629. The molecule has 2 aromatic carbocycles. The number of nitrogens with zero attached hydrogens (tertiary/aromatic N) is 1. The average Bonchev–Trinajstić information content (AvgIpc) is 2.89. The van der Waals surface area contributed by atoms with Crippen molar-refractivity contribution in [2.75, 3.05) is 5.73 Å². The van der Waals surface area contributed by atoms with Gasteiger partial charge in [0, 0.05) is 22.7 Å². The molecule has 0 radical (unpaired) electrons. The second-order valence-corrected chi connectivity index (χ2v) is 5.34. The van der Waals surface area contributed by atoms with Gasteiger partial charge in [0.15, 0.2) is 0 Å². The number of nitrogen functional groups attached to an aromatic ring is 1. The van der Waals surface area contributed by atoms with Crippen LogP contribution in [0.4, 0.5) is 5.69 Å². The summed E-state index contributed by atoms with van der Waals surface area (Å²) in [5, 5.41) is 0.853. The van der Waals surface area contributed by atoms with E-state index < -0.39 is 5.63 Å². The molecule has 22 heavy (non-hydrogen) atoms.